The Hall–Kier alpha value is -1.62. The quantitative estimate of drug-likeness (QED) is 0.399. The van der Waals surface area contributed by atoms with Crippen LogP contribution in [-0.4, -0.2) is 29.6 Å². The minimum absolute atomic E-state index is 0.126. The number of fused-ring (bicyclic) bond motifs is 5. The first-order valence-corrected chi connectivity index (χ1v) is 11.3. The molecule has 29 heavy (non-hydrogen) atoms. The van der Waals surface area contributed by atoms with E-state index >= 15 is 0 Å². The van der Waals surface area contributed by atoms with Crippen LogP contribution in [0.15, 0.2) is 28.4 Å². The molecule has 0 aromatic carbocycles. The molecule has 4 aliphatic carbocycles. The fraction of sp³-hybridized carbons (Fsp3) is 0.750. The Labute approximate surface area is 174 Å². The van der Waals surface area contributed by atoms with Crippen LogP contribution in [0.25, 0.3) is 0 Å². The highest BCUT2D eigenvalue weighted by molar-refractivity contribution is 6.00. The number of aliphatic hydroxyl groups excluding tert-OH is 1. The molecule has 0 radical (unpaired) electrons. The second-order valence-electron chi connectivity index (χ2n) is 10.00. The third-order valence-electron chi connectivity index (χ3n) is 8.64. The summed E-state index contributed by atoms with van der Waals surface area (Å²) in [6.07, 6.45) is 11.8. The molecular weight excluding hydrogens is 364 g/mol. The highest BCUT2D eigenvalue weighted by atomic mass is 16.5. The second kappa shape index (κ2) is 7.57. The summed E-state index contributed by atoms with van der Waals surface area (Å²) in [6.45, 7) is 9.00. The minimum Gasteiger partial charge on any atom is -0.449 e. The van der Waals surface area contributed by atoms with Gasteiger partial charge in [0.2, 0.25) is 0 Å². The third-order valence-corrected chi connectivity index (χ3v) is 8.64. The molecule has 1 amide bonds. The Balaban J connectivity index is 1.54. The zero-order valence-electron chi connectivity index (χ0n) is 18.3. The van der Waals surface area contributed by atoms with Crippen LogP contribution in [0, 0.1) is 28.6 Å². The van der Waals surface area contributed by atoms with Gasteiger partial charge >= 0.3 is 6.09 Å². The van der Waals surface area contributed by atoms with Crippen molar-refractivity contribution in [3.8, 4) is 0 Å². The van der Waals surface area contributed by atoms with Gasteiger partial charge in [-0.1, -0.05) is 31.6 Å². The van der Waals surface area contributed by atoms with E-state index in [1.54, 1.807) is 6.92 Å². The number of hydrogen-bond donors (Lipinski definition) is 2. The van der Waals surface area contributed by atoms with Crippen LogP contribution in [0.2, 0.25) is 0 Å². The smallest absolute Gasteiger partial charge is 0.427 e. The summed E-state index contributed by atoms with van der Waals surface area (Å²) < 4.78 is 4.93. The Morgan fingerprint density at radius 3 is 2.72 bits per heavy atom. The standard InChI is InChI=1S/C24H36N2O3/c1-5-29-22(28)26-25-15(2)19-8-9-20-18-7-6-16-14-17(27)10-12-23(16,3)21(18)11-13-24(19,20)4/h6,8,17-18,20-21,27H,5,7,9-14H2,1-4H3,(H,26,28)/b25-15-/t17?,18?,20?,21?,23-,24+/m0/s1. The Morgan fingerprint density at radius 2 is 1.97 bits per heavy atom. The molecule has 0 heterocycles. The number of aliphatic hydroxyl groups is 1. The summed E-state index contributed by atoms with van der Waals surface area (Å²) in [5.74, 6) is 2.04. The van der Waals surface area contributed by atoms with Crippen molar-refractivity contribution in [3.05, 3.63) is 23.3 Å². The van der Waals surface area contributed by atoms with Crippen molar-refractivity contribution in [2.45, 2.75) is 78.7 Å². The molecule has 4 unspecified atom stereocenters. The van der Waals surface area contributed by atoms with Crippen LogP contribution in [0.4, 0.5) is 4.79 Å². The van der Waals surface area contributed by atoms with Gasteiger partial charge in [0.15, 0.2) is 0 Å². The summed E-state index contributed by atoms with van der Waals surface area (Å²) in [6, 6.07) is 0. The number of carbonyl (C=O) groups excluding carboxylic acids is 1. The van der Waals surface area contributed by atoms with Crippen molar-refractivity contribution in [2.24, 2.45) is 33.7 Å². The number of nitrogens with zero attached hydrogens (tertiary/aromatic N) is 1. The molecule has 0 bridgehead atoms. The predicted octanol–water partition coefficient (Wildman–Crippen LogP) is 4.97. The molecule has 4 rings (SSSR count). The van der Waals surface area contributed by atoms with Crippen molar-refractivity contribution in [1.82, 2.24) is 5.43 Å². The van der Waals surface area contributed by atoms with Crippen LogP contribution < -0.4 is 5.43 Å². The lowest BCUT2D eigenvalue weighted by atomic mass is 9.47. The lowest BCUT2D eigenvalue weighted by Gasteiger charge is -2.57. The molecule has 2 saturated carbocycles. The molecule has 0 aliphatic heterocycles. The van der Waals surface area contributed by atoms with E-state index in [4.69, 9.17) is 4.74 Å². The Kier molecular flexibility index (Phi) is 5.39. The molecule has 160 valence electrons. The van der Waals surface area contributed by atoms with E-state index in [-0.39, 0.29) is 16.9 Å². The van der Waals surface area contributed by atoms with Gasteiger partial charge in [0.25, 0.3) is 0 Å². The van der Waals surface area contributed by atoms with Gasteiger partial charge in [0, 0.05) is 0 Å². The third kappa shape index (κ3) is 3.35. The van der Waals surface area contributed by atoms with E-state index in [1.807, 2.05) is 6.92 Å². The SMILES string of the molecule is CCOC(=O)N/N=C(/C)C1=CCC2C3CC=C4CC(O)CC[C@]4(C)C3CC[C@]12C. The Bertz CT molecular complexity index is 770. The highest BCUT2D eigenvalue weighted by Gasteiger charge is 2.56. The molecule has 4 aliphatic rings. The number of hydrogen-bond acceptors (Lipinski definition) is 4. The molecule has 0 saturated heterocycles. The molecule has 6 atom stereocenters. The van der Waals surface area contributed by atoms with Crippen molar-refractivity contribution in [2.75, 3.05) is 6.61 Å². The molecule has 5 heteroatoms. The van der Waals surface area contributed by atoms with Gasteiger partial charge in [-0.25, -0.2) is 10.2 Å². The summed E-state index contributed by atoms with van der Waals surface area (Å²) >= 11 is 0. The zero-order chi connectivity index (χ0) is 20.8. The second-order valence-corrected chi connectivity index (χ2v) is 10.00. The number of ether oxygens (including phenoxy) is 1. The summed E-state index contributed by atoms with van der Waals surface area (Å²) in [5, 5.41) is 14.5. The predicted molar refractivity (Wildman–Crippen MR) is 114 cm³/mol. The largest absolute Gasteiger partial charge is 0.449 e. The van der Waals surface area contributed by atoms with Crippen LogP contribution in [0.1, 0.15) is 72.6 Å². The fourth-order valence-electron chi connectivity index (χ4n) is 7.12. The molecule has 2 N–H and O–H groups in total. The first-order chi connectivity index (χ1) is 13.8. The van der Waals surface area contributed by atoms with Gasteiger partial charge in [-0.2, -0.15) is 5.10 Å². The van der Waals surface area contributed by atoms with Gasteiger partial charge in [0.1, 0.15) is 0 Å². The lowest BCUT2D eigenvalue weighted by molar-refractivity contribution is -0.0279. The average molecular weight is 401 g/mol. The molecule has 0 aromatic rings. The molecular formula is C24H36N2O3. The number of carbonyl (C=O) groups is 1. The number of amides is 1. The summed E-state index contributed by atoms with van der Waals surface area (Å²) in [4.78, 5) is 11.6. The number of rotatable bonds is 3. The average Bonchev–Trinajstić information content (AvgIpc) is 3.04. The van der Waals surface area contributed by atoms with Crippen molar-refractivity contribution >= 4 is 11.8 Å². The maximum atomic E-state index is 11.6. The van der Waals surface area contributed by atoms with E-state index in [9.17, 15) is 9.90 Å². The van der Waals surface area contributed by atoms with Gasteiger partial charge in [0.05, 0.1) is 18.4 Å². The van der Waals surface area contributed by atoms with Crippen molar-refractivity contribution in [3.63, 3.8) is 0 Å². The first-order valence-electron chi connectivity index (χ1n) is 11.3. The molecule has 0 spiro atoms. The van der Waals surface area contributed by atoms with Crippen LogP contribution >= 0.6 is 0 Å². The zero-order valence-corrected chi connectivity index (χ0v) is 18.3. The summed E-state index contributed by atoms with van der Waals surface area (Å²) in [7, 11) is 0. The monoisotopic (exact) mass is 400 g/mol. The van der Waals surface area contributed by atoms with E-state index in [1.165, 1.54) is 24.0 Å². The molecule has 5 nitrogen and oxygen atoms in total. The van der Waals surface area contributed by atoms with Crippen molar-refractivity contribution in [1.29, 1.82) is 0 Å². The Morgan fingerprint density at radius 1 is 1.21 bits per heavy atom. The first kappa shape index (κ1) is 20.6. The number of nitrogens with one attached hydrogen (secondary N) is 1. The van der Waals surface area contributed by atoms with Gasteiger partial charge in [-0.05, 0) is 93.0 Å². The van der Waals surface area contributed by atoms with Crippen molar-refractivity contribution < 1.29 is 14.6 Å². The maximum absolute atomic E-state index is 11.6. The highest BCUT2D eigenvalue weighted by Crippen LogP contribution is 2.65. The maximum Gasteiger partial charge on any atom is 0.427 e. The van der Waals surface area contributed by atoms with Gasteiger partial charge < -0.3 is 9.84 Å². The summed E-state index contributed by atoms with van der Waals surface area (Å²) in [5.41, 5.74) is 6.64. The minimum atomic E-state index is -0.492. The molecule has 0 aromatic heterocycles. The van der Waals surface area contributed by atoms with Gasteiger partial charge in [-0.3, -0.25) is 0 Å². The van der Waals surface area contributed by atoms with Gasteiger partial charge in [-0.15, -0.1) is 0 Å². The number of allylic oxidation sites excluding steroid dienone is 3. The van der Waals surface area contributed by atoms with E-state index in [2.05, 4.69) is 36.5 Å². The van der Waals surface area contributed by atoms with E-state index < -0.39 is 6.09 Å². The van der Waals surface area contributed by atoms with E-state index in [0.717, 1.165) is 43.7 Å². The number of hydrazone groups is 1. The lowest BCUT2D eigenvalue weighted by Crippen LogP contribution is -2.50. The topological polar surface area (TPSA) is 70.9 Å². The fourth-order valence-corrected chi connectivity index (χ4v) is 7.12. The van der Waals surface area contributed by atoms with Crippen LogP contribution in [0.3, 0.4) is 0 Å². The molecule has 2 fully saturated rings. The van der Waals surface area contributed by atoms with Crippen LogP contribution in [0.5, 0.6) is 0 Å². The normalized spacial score (nSPS) is 41.5. The van der Waals surface area contributed by atoms with E-state index in [0.29, 0.717) is 18.4 Å². The van der Waals surface area contributed by atoms with Crippen LogP contribution in [-0.2, 0) is 4.74 Å².